The summed E-state index contributed by atoms with van der Waals surface area (Å²) in [6.07, 6.45) is 7.10. The Balaban J connectivity index is 1.82. The zero-order valence-electron chi connectivity index (χ0n) is 10.5. The van der Waals surface area contributed by atoms with Gasteiger partial charge in [-0.05, 0) is 56.1 Å². The molecule has 4 atom stereocenters. The topological polar surface area (TPSA) is 17.8 Å². The van der Waals surface area contributed by atoms with E-state index in [9.17, 15) is 0 Å². The van der Waals surface area contributed by atoms with Crippen LogP contribution in [0.3, 0.4) is 0 Å². The number of benzene rings is 1. The summed E-state index contributed by atoms with van der Waals surface area (Å²) in [6.45, 7) is 0. The molecule has 1 aromatic heterocycles. The molecule has 1 aromatic carbocycles. The molecule has 18 heavy (non-hydrogen) atoms. The van der Waals surface area contributed by atoms with Gasteiger partial charge < -0.3 is 4.57 Å². The van der Waals surface area contributed by atoms with Crippen LogP contribution in [0.25, 0.3) is 11.0 Å². The SMILES string of the molecule is c1ccc2c(c1)nc1n2C2C[C@@H]3C[C@H](C2)C[C@H]1C3. The molecule has 2 fully saturated rings. The second-order valence-corrected chi connectivity index (χ2v) is 6.59. The highest BCUT2D eigenvalue weighted by Gasteiger charge is 2.43. The van der Waals surface area contributed by atoms with E-state index in [2.05, 4.69) is 28.8 Å². The van der Waals surface area contributed by atoms with Crippen LogP contribution in [0.1, 0.15) is 49.9 Å². The van der Waals surface area contributed by atoms with E-state index in [1.807, 2.05) is 0 Å². The van der Waals surface area contributed by atoms with E-state index < -0.39 is 0 Å². The van der Waals surface area contributed by atoms with E-state index in [1.165, 1.54) is 49.0 Å². The quantitative estimate of drug-likeness (QED) is 0.681. The number of nitrogens with zero attached hydrogens (tertiary/aromatic N) is 2. The zero-order valence-corrected chi connectivity index (χ0v) is 10.5. The molecule has 0 N–H and O–H groups in total. The monoisotopic (exact) mass is 238 g/mol. The standard InChI is InChI=1S/C16H18N2/c1-2-4-15-14(3-1)17-16-12-6-10-5-11(7-12)9-13(8-10)18(15)16/h1-4,10-13H,5-9H2/t10-,11+,12-,13?. The molecule has 4 aliphatic rings. The molecule has 4 bridgehead atoms. The Labute approximate surface area is 107 Å². The van der Waals surface area contributed by atoms with Crippen LogP contribution in [0.2, 0.25) is 0 Å². The Morgan fingerprint density at radius 1 is 0.944 bits per heavy atom. The van der Waals surface area contributed by atoms with Gasteiger partial charge in [0, 0.05) is 12.0 Å². The summed E-state index contributed by atoms with van der Waals surface area (Å²) in [5, 5.41) is 0. The molecule has 2 saturated carbocycles. The van der Waals surface area contributed by atoms with Crippen molar-refractivity contribution in [1.29, 1.82) is 0 Å². The van der Waals surface area contributed by atoms with Crippen LogP contribution in [0, 0.1) is 11.8 Å². The van der Waals surface area contributed by atoms with Crippen LogP contribution in [0.5, 0.6) is 0 Å². The van der Waals surface area contributed by atoms with Crippen LogP contribution < -0.4 is 0 Å². The van der Waals surface area contributed by atoms with Gasteiger partial charge in [-0.15, -0.1) is 0 Å². The maximum Gasteiger partial charge on any atom is 0.113 e. The fourth-order valence-electron chi connectivity index (χ4n) is 4.97. The maximum atomic E-state index is 4.97. The molecule has 2 aromatic rings. The molecule has 1 unspecified atom stereocenters. The van der Waals surface area contributed by atoms with Gasteiger partial charge in [0.15, 0.2) is 0 Å². The van der Waals surface area contributed by atoms with E-state index in [0.29, 0.717) is 0 Å². The predicted molar refractivity (Wildman–Crippen MR) is 71.6 cm³/mol. The van der Waals surface area contributed by atoms with Crippen LogP contribution in [0.4, 0.5) is 0 Å². The Morgan fingerprint density at radius 3 is 2.56 bits per heavy atom. The van der Waals surface area contributed by atoms with E-state index in [0.717, 1.165) is 23.8 Å². The number of rotatable bonds is 0. The summed E-state index contributed by atoms with van der Waals surface area (Å²) in [4.78, 5) is 4.97. The van der Waals surface area contributed by atoms with Crippen molar-refractivity contribution in [2.75, 3.05) is 0 Å². The molecule has 2 aliphatic heterocycles. The van der Waals surface area contributed by atoms with Crippen molar-refractivity contribution in [3.63, 3.8) is 0 Å². The molecule has 2 heteroatoms. The Bertz CT molecular complexity index is 613. The highest BCUT2D eigenvalue weighted by molar-refractivity contribution is 5.76. The molecule has 2 nitrogen and oxygen atoms in total. The third kappa shape index (κ3) is 1.12. The molecular weight excluding hydrogens is 220 g/mol. The van der Waals surface area contributed by atoms with Crippen LogP contribution in [-0.4, -0.2) is 9.55 Å². The smallest absolute Gasteiger partial charge is 0.113 e. The Morgan fingerprint density at radius 2 is 1.72 bits per heavy atom. The predicted octanol–water partition coefficient (Wildman–Crippen LogP) is 3.88. The molecule has 0 radical (unpaired) electrons. The molecule has 3 heterocycles. The second-order valence-electron chi connectivity index (χ2n) is 6.59. The van der Waals surface area contributed by atoms with E-state index in [1.54, 1.807) is 0 Å². The van der Waals surface area contributed by atoms with Crippen molar-refractivity contribution in [3.05, 3.63) is 30.1 Å². The van der Waals surface area contributed by atoms with Crippen LogP contribution in [-0.2, 0) is 0 Å². The molecule has 2 aliphatic carbocycles. The van der Waals surface area contributed by atoms with Crippen molar-refractivity contribution in [2.24, 2.45) is 11.8 Å². The largest absolute Gasteiger partial charge is 0.325 e. The lowest BCUT2D eigenvalue weighted by molar-refractivity contribution is 0.152. The molecule has 0 amide bonds. The zero-order chi connectivity index (χ0) is 11.7. The first-order valence-electron chi connectivity index (χ1n) is 7.35. The first kappa shape index (κ1) is 9.60. The average Bonchev–Trinajstić information content (AvgIpc) is 2.68. The van der Waals surface area contributed by atoms with Gasteiger partial charge >= 0.3 is 0 Å². The maximum absolute atomic E-state index is 4.97. The fourth-order valence-corrected chi connectivity index (χ4v) is 4.97. The minimum Gasteiger partial charge on any atom is -0.325 e. The van der Waals surface area contributed by atoms with Crippen LogP contribution in [0.15, 0.2) is 24.3 Å². The van der Waals surface area contributed by atoms with Gasteiger partial charge in [-0.2, -0.15) is 0 Å². The minimum atomic E-state index is 0.739. The first-order valence-corrected chi connectivity index (χ1v) is 7.35. The summed E-state index contributed by atoms with van der Waals surface area (Å²) in [7, 11) is 0. The van der Waals surface area contributed by atoms with Gasteiger partial charge in [0.05, 0.1) is 11.0 Å². The third-order valence-electron chi connectivity index (χ3n) is 5.47. The van der Waals surface area contributed by atoms with Gasteiger partial charge in [-0.1, -0.05) is 12.1 Å². The number of hydrogen-bond acceptors (Lipinski definition) is 1. The van der Waals surface area contributed by atoms with Crippen molar-refractivity contribution < 1.29 is 0 Å². The fraction of sp³-hybridized carbons (Fsp3) is 0.562. The van der Waals surface area contributed by atoms with E-state index in [4.69, 9.17) is 4.98 Å². The number of para-hydroxylation sites is 2. The lowest BCUT2D eigenvalue weighted by atomic mass is 9.68. The molecule has 92 valence electrons. The molecule has 0 saturated heterocycles. The number of imidazole rings is 1. The normalized spacial score (nSPS) is 36.9. The second kappa shape index (κ2) is 3.17. The molecular formula is C16H18N2. The number of aromatic nitrogens is 2. The first-order chi connectivity index (χ1) is 8.88. The third-order valence-corrected chi connectivity index (χ3v) is 5.47. The van der Waals surface area contributed by atoms with Crippen molar-refractivity contribution in [3.8, 4) is 0 Å². The minimum absolute atomic E-state index is 0.739. The summed E-state index contributed by atoms with van der Waals surface area (Å²) in [5.74, 6) is 4.11. The van der Waals surface area contributed by atoms with Crippen LogP contribution >= 0.6 is 0 Å². The number of hydrogen-bond donors (Lipinski definition) is 0. The van der Waals surface area contributed by atoms with Crippen molar-refractivity contribution in [1.82, 2.24) is 9.55 Å². The average molecular weight is 238 g/mol. The Kier molecular flexibility index (Phi) is 1.69. The summed E-state index contributed by atoms with van der Waals surface area (Å²) < 4.78 is 2.61. The lowest BCUT2D eigenvalue weighted by Gasteiger charge is -2.38. The van der Waals surface area contributed by atoms with Gasteiger partial charge in [0.25, 0.3) is 0 Å². The van der Waals surface area contributed by atoms with E-state index >= 15 is 0 Å². The van der Waals surface area contributed by atoms with Gasteiger partial charge in [0.1, 0.15) is 5.82 Å². The van der Waals surface area contributed by atoms with Crippen molar-refractivity contribution >= 4 is 11.0 Å². The van der Waals surface area contributed by atoms with Gasteiger partial charge in [-0.25, -0.2) is 4.98 Å². The van der Waals surface area contributed by atoms with E-state index in [-0.39, 0.29) is 0 Å². The van der Waals surface area contributed by atoms with Gasteiger partial charge in [0.2, 0.25) is 0 Å². The lowest BCUT2D eigenvalue weighted by Crippen LogP contribution is -2.26. The Hall–Kier alpha value is -1.31. The van der Waals surface area contributed by atoms with Gasteiger partial charge in [-0.3, -0.25) is 0 Å². The van der Waals surface area contributed by atoms with Crippen molar-refractivity contribution in [2.45, 2.75) is 44.1 Å². The summed E-state index contributed by atoms with van der Waals surface area (Å²) in [6, 6.07) is 9.45. The summed E-state index contributed by atoms with van der Waals surface area (Å²) >= 11 is 0. The summed E-state index contributed by atoms with van der Waals surface area (Å²) in [5.41, 5.74) is 2.59. The number of fused-ring (bicyclic) bond motifs is 1. The molecule has 0 spiro atoms. The highest BCUT2D eigenvalue weighted by atomic mass is 15.1. The molecule has 6 rings (SSSR count). The highest BCUT2D eigenvalue weighted by Crippen LogP contribution is 2.54.